The van der Waals surface area contributed by atoms with E-state index in [0.29, 0.717) is 5.01 Å². The molecular weight excluding hydrogens is 194 g/mol. The molecule has 0 aromatic carbocycles. The molecule has 0 radical (unpaired) electrons. The van der Waals surface area contributed by atoms with E-state index in [1.807, 2.05) is 26.8 Å². The van der Waals surface area contributed by atoms with Crippen molar-refractivity contribution in [3.05, 3.63) is 23.9 Å². The SMILES string of the molecule is CC(C)(C)c1cccnc1N(N)C(=O)O. The summed E-state index contributed by atoms with van der Waals surface area (Å²) in [4.78, 5) is 14.7. The van der Waals surface area contributed by atoms with E-state index in [9.17, 15) is 4.79 Å². The Bertz CT molecular complexity index is 371. The average Bonchev–Trinajstić information content (AvgIpc) is 2.15. The van der Waals surface area contributed by atoms with Crippen molar-refractivity contribution < 1.29 is 9.90 Å². The van der Waals surface area contributed by atoms with Crippen LogP contribution >= 0.6 is 0 Å². The number of carbonyl (C=O) groups is 1. The molecule has 1 aromatic heterocycles. The number of amides is 1. The van der Waals surface area contributed by atoms with Crippen LogP contribution in [0.4, 0.5) is 10.6 Å². The molecule has 1 amide bonds. The van der Waals surface area contributed by atoms with Crippen molar-refractivity contribution in [1.82, 2.24) is 4.98 Å². The van der Waals surface area contributed by atoms with Gasteiger partial charge in [-0.25, -0.2) is 15.6 Å². The number of hydrogen-bond donors (Lipinski definition) is 2. The summed E-state index contributed by atoms with van der Waals surface area (Å²) >= 11 is 0. The van der Waals surface area contributed by atoms with Gasteiger partial charge in [-0.3, -0.25) is 0 Å². The minimum Gasteiger partial charge on any atom is -0.464 e. The highest BCUT2D eigenvalue weighted by Crippen LogP contribution is 2.28. The van der Waals surface area contributed by atoms with Crippen LogP contribution in [0.5, 0.6) is 0 Å². The van der Waals surface area contributed by atoms with Crippen molar-refractivity contribution in [2.24, 2.45) is 5.84 Å². The van der Waals surface area contributed by atoms with Gasteiger partial charge in [-0.15, -0.1) is 0 Å². The van der Waals surface area contributed by atoms with Gasteiger partial charge < -0.3 is 5.11 Å². The Kier molecular flexibility index (Phi) is 2.95. The lowest BCUT2D eigenvalue weighted by Gasteiger charge is -2.24. The monoisotopic (exact) mass is 209 g/mol. The fourth-order valence-electron chi connectivity index (χ4n) is 1.26. The van der Waals surface area contributed by atoms with Gasteiger partial charge in [-0.1, -0.05) is 26.8 Å². The summed E-state index contributed by atoms with van der Waals surface area (Å²) in [5, 5.41) is 9.43. The number of anilines is 1. The number of pyridine rings is 1. The lowest BCUT2D eigenvalue weighted by Crippen LogP contribution is -2.38. The minimum atomic E-state index is -1.22. The third kappa shape index (κ3) is 2.44. The van der Waals surface area contributed by atoms with E-state index >= 15 is 0 Å². The first-order chi connectivity index (χ1) is 6.84. The average molecular weight is 209 g/mol. The lowest BCUT2D eigenvalue weighted by molar-refractivity contribution is 0.201. The number of rotatable bonds is 1. The van der Waals surface area contributed by atoms with E-state index < -0.39 is 6.09 Å². The van der Waals surface area contributed by atoms with Crippen LogP contribution in [0.2, 0.25) is 0 Å². The highest BCUT2D eigenvalue weighted by atomic mass is 16.4. The van der Waals surface area contributed by atoms with Gasteiger partial charge in [0.1, 0.15) is 0 Å². The van der Waals surface area contributed by atoms with E-state index in [2.05, 4.69) is 4.98 Å². The zero-order valence-corrected chi connectivity index (χ0v) is 9.06. The highest BCUT2D eigenvalue weighted by Gasteiger charge is 2.23. The largest absolute Gasteiger partial charge is 0.464 e. The second-order valence-corrected chi connectivity index (χ2v) is 4.28. The predicted octanol–water partition coefficient (Wildman–Crippen LogP) is 1.74. The van der Waals surface area contributed by atoms with Crippen LogP contribution in [0.1, 0.15) is 26.3 Å². The highest BCUT2D eigenvalue weighted by molar-refractivity contribution is 5.84. The van der Waals surface area contributed by atoms with E-state index in [1.165, 1.54) is 6.20 Å². The minimum absolute atomic E-state index is 0.198. The lowest BCUT2D eigenvalue weighted by atomic mass is 9.87. The van der Waals surface area contributed by atoms with E-state index in [1.54, 1.807) is 6.07 Å². The number of aromatic nitrogens is 1. The topological polar surface area (TPSA) is 79.5 Å². The first-order valence-electron chi connectivity index (χ1n) is 4.57. The normalized spacial score (nSPS) is 11.2. The maximum absolute atomic E-state index is 10.7. The summed E-state index contributed by atoms with van der Waals surface area (Å²) in [6.07, 6.45) is 0.298. The molecule has 82 valence electrons. The molecule has 3 N–H and O–H groups in total. The number of hydrazine groups is 1. The van der Waals surface area contributed by atoms with Crippen LogP contribution < -0.4 is 10.9 Å². The third-order valence-corrected chi connectivity index (χ3v) is 2.03. The van der Waals surface area contributed by atoms with Crippen LogP contribution in [0.25, 0.3) is 0 Å². The van der Waals surface area contributed by atoms with Gasteiger partial charge in [0.15, 0.2) is 5.82 Å². The van der Waals surface area contributed by atoms with Crippen LogP contribution in [0.3, 0.4) is 0 Å². The maximum Gasteiger partial charge on any atom is 0.427 e. The summed E-state index contributed by atoms with van der Waals surface area (Å²) in [7, 11) is 0. The van der Waals surface area contributed by atoms with E-state index in [4.69, 9.17) is 10.9 Å². The van der Waals surface area contributed by atoms with Crippen molar-refractivity contribution in [2.75, 3.05) is 5.01 Å². The van der Waals surface area contributed by atoms with Crippen molar-refractivity contribution in [3.63, 3.8) is 0 Å². The van der Waals surface area contributed by atoms with Crippen molar-refractivity contribution in [3.8, 4) is 0 Å². The molecule has 5 heteroatoms. The molecule has 0 saturated heterocycles. The van der Waals surface area contributed by atoms with Crippen molar-refractivity contribution in [2.45, 2.75) is 26.2 Å². The van der Waals surface area contributed by atoms with Crippen LogP contribution in [0.15, 0.2) is 18.3 Å². The molecule has 0 saturated carbocycles. The number of nitrogens with two attached hydrogens (primary N) is 1. The zero-order valence-electron chi connectivity index (χ0n) is 9.06. The smallest absolute Gasteiger partial charge is 0.427 e. The third-order valence-electron chi connectivity index (χ3n) is 2.03. The van der Waals surface area contributed by atoms with Gasteiger partial charge in [-0.2, -0.15) is 5.01 Å². The fraction of sp³-hybridized carbons (Fsp3) is 0.400. The second kappa shape index (κ2) is 3.86. The first kappa shape index (κ1) is 11.5. The molecule has 0 atom stereocenters. The Morgan fingerprint density at radius 2 is 2.13 bits per heavy atom. The fourth-order valence-corrected chi connectivity index (χ4v) is 1.26. The Hall–Kier alpha value is -1.62. The van der Waals surface area contributed by atoms with Gasteiger partial charge in [0.25, 0.3) is 0 Å². The molecule has 1 aromatic rings. The summed E-state index contributed by atoms with van der Waals surface area (Å²) in [5.74, 6) is 5.68. The molecule has 0 fully saturated rings. The summed E-state index contributed by atoms with van der Waals surface area (Å²) in [5.41, 5.74) is 0.603. The quantitative estimate of drug-likeness (QED) is 0.419. The van der Waals surface area contributed by atoms with Gasteiger partial charge in [-0.05, 0) is 11.5 Å². The summed E-state index contributed by atoms with van der Waals surface area (Å²) in [6, 6.07) is 3.59. The van der Waals surface area contributed by atoms with Crippen LogP contribution in [0, 0.1) is 0 Å². The summed E-state index contributed by atoms with van der Waals surface area (Å²) in [6.45, 7) is 5.93. The molecule has 0 aliphatic carbocycles. The first-order valence-corrected chi connectivity index (χ1v) is 4.57. The summed E-state index contributed by atoms with van der Waals surface area (Å²) < 4.78 is 0. The Labute approximate surface area is 88.5 Å². The standard InChI is InChI=1S/C10H15N3O2/c1-10(2,3)7-5-4-6-12-8(7)13(11)9(14)15/h4-6H,11H2,1-3H3,(H,14,15). The molecule has 0 spiro atoms. The molecule has 15 heavy (non-hydrogen) atoms. The van der Waals surface area contributed by atoms with Crippen molar-refractivity contribution >= 4 is 11.9 Å². The van der Waals surface area contributed by atoms with Crippen LogP contribution in [-0.2, 0) is 5.41 Å². The van der Waals surface area contributed by atoms with E-state index in [0.717, 1.165) is 5.56 Å². The van der Waals surface area contributed by atoms with E-state index in [-0.39, 0.29) is 11.2 Å². The number of carboxylic acid groups (broad SMARTS) is 1. The number of nitrogens with zero attached hydrogens (tertiary/aromatic N) is 2. The molecule has 0 unspecified atom stereocenters. The Morgan fingerprint density at radius 1 is 1.53 bits per heavy atom. The Morgan fingerprint density at radius 3 is 2.60 bits per heavy atom. The van der Waals surface area contributed by atoms with Gasteiger partial charge in [0.2, 0.25) is 0 Å². The molecule has 0 aliphatic heterocycles. The van der Waals surface area contributed by atoms with Crippen LogP contribution in [-0.4, -0.2) is 16.2 Å². The van der Waals surface area contributed by atoms with Gasteiger partial charge >= 0.3 is 6.09 Å². The molecule has 1 heterocycles. The molecule has 5 nitrogen and oxygen atoms in total. The zero-order chi connectivity index (χ0) is 11.6. The molecule has 0 bridgehead atoms. The maximum atomic E-state index is 10.7. The second-order valence-electron chi connectivity index (χ2n) is 4.28. The molecule has 0 aliphatic rings. The van der Waals surface area contributed by atoms with Gasteiger partial charge in [0.05, 0.1) is 0 Å². The van der Waals surface area contributed by atoms with Gasteiger partial charge in [0, 0.05) is 11.8 Å². The molecular formula is C10H15N3O2. The number of hydrogen-bond acceptors (Lipinski definition) is 3. The predicted molar refractivity (Wildman–Crippen MR) is 57.6 cm³/mol. The van der Waals surface area contributed by atoms with Crippen molar-refractivity contribution in [1.29, 1.82) is 0 Å². The molecule has 1 rings (SSSR count). The Balaban J connectivity index is 3.24.